The summed E-state index contributed by atoms with van der Waals surface area (Å²) in [5.41, 5.74) is -0.837. The Kier molecular flexibility index (Phi) is 5.88. The molecule has 4 unspecified atom stereocenters. The van der Waals surface area contributed by atoms with Crippen molar-refractivity contribution in [3.63, 3.8) is 0 Å². The summed E-state index contributed by atoms with van der Waals surface area (Å²) in [6.07, 6.45) is 5.30. The first-order valence-corrected chi connectivity index (χ1v) is 12.0. The first-order chi connectivity index (χ1) is 16.3. The van der Waals surface area contributed by atoms with Gasteiger partial charge in [-0.25, -0.2) is 9.97 Å². The molecule has 1 amide bonds. The van der Waals surface area contributed by atoms with Crippen molar-refractivity contribution in [1.82, 2.24) is 14.9 Å². The summed E-state index contributed by atoms with van der Waals surface area (Å²) in [6.45, 7) is 0.846. The Morgan fingerprint density at radius 3 is 2.53 bits per heavy atom. The molecule has 176 valence electrons. The van der Waals surface area contributed by atoms with Gasteiger partial charge in [0.25, 0.3) is 5.91 Å². The van der Waals surface area contributed by atoms with Crippen molar-refractivity contribution < 1.29 is 14.3 Å². The minimum Gasteiger partial charge on any atom is -0.474 e. The van der Waals surface area contributed by atoms with Crippen molar-refractivity contribution in [1.29, 1.82) is 5.26 Å². The number of carbonyl (C=O) groups excluding carboxylic acids is 2. The fourth-order valence-corrected chi connectivity index (χ4v) is 5.59. The average Bonchev–Trinajstić information content (AvgIpc) is 3.09. The van der Waals surface area contributed by atoms with Gasteiger partial charge in [-0.2, -0.15) is 5.26 Å². The Morgan fingerprint density at radius 1 is 1.21 bits per heavy atom. The number of pyridine rings is 2. The fourth-order valence-electron chi connectivity index (χ4n) is 4.73. The van der Waals surface area contributed by atoms with Gasteiger partial charge >= 0.3 is 0 Å². The summed E-state index contributed by atoms with van der Waals surface area (Å²) < 4.78 is 6.03. The van der Waals surface area contributed by atoms with E-state index in [1.54, 1.807) is 29.3 Å². The zero-order valence-corrected chi connectivity index (χ0v) is 20.1. The normalized spacial score (nSPS) is 29.3. The van der Waals surface area contributed by atoms with Crippen LogP contribution in [-0.4, -0.2) is 62.8 Å². The van der Waals surface area contributed by atoms with Crippen LogP contribution in [0.2, 0.25) is 0 Å². The highest BCUT2D eigenvalue weighted by Crippen LogP contribution is 2.48. The number of ketones is 1. The minimum absolute atomic E-state index is 0.0260. The maximum Gasteiger partial charge on any atom is 0.263 e. The molecule has 2 aromatic heterocycles. The van der Waals surface area contributed by atoms with Crippen LogP contribution in [0.3, 0.4) is 0 Å². The second-order valence-corrected chi connectivity index (χ2v) is 9.69. The molecule has 3 aliphatic rings. The van der Waals surface area contributed by atoms with E-state index in [2.05, 4.69) is 14.9 Å². The molecule has 5 rings (SSSR count). The number of piperidine rings is 1. The Labute approximate surface area is 207 Å². The summed E-state index contributed by atoms with van der Waals surface area (Å²) in [5, 5.41) is 9.02. The van der Waals surface area contributed by atoms with Crippen LogP contribution in [0, 0.1) is 11.3 Å². The Hall–Kier alpha value is -2.87. The van der Waals surface area contributed by atoms with Gasteiger partial charge in [0.15, 0.2) is 16.8 Å². The van der Waals surface area contributed by atoms with E-state index in [9.17, 15) is 9.59 Å². The number of aromatic nitrogens is 2. The average molecular weight is 499 g/mol. The molecule has 2 aliphatic heterocycles. The Morgan fingerprint density at radius 2 is 1.97 bits per heavy atom. The summed E-state index contributed by atoms with van der Waals surface area (Å²) in [4.78, 5) is 40.1. The van der Waals surface area contributed by atoms with Crippen LogP contribution in [0.25, 0.3) is 0 Å². The molecule has 1 saturated carbocycles. The highest BCUT2D eigenvalue weighted by molar-refractivity contribution is 7.81. The number of anilines is 2. The number of nitrogens with zero attached hydrogens (tertiary/aromatic N) is 6. The van der Waals surface area contributed by atoms with Crippen molar-refractivity contribution >= 4 is 47.3 Å². The van der Waals surface area contributed by atoms with Crippen LogP contribution in [0.15, 0.2) is 36.7 Å². The second-order valence-electron chi connectivity index (χ2n) is 8.72. The number of thiol groups is 1. The van der Waals surface area contributed by atoms with Crippen LogP contribution in [0.4, 0.5) is 11.4 Å². The van der Waals surface area contributed by atoms with Gasteiger partial charge < -0.3 is 9.64 Å². The molecular weight excluding hydrogens is 476 g/mol. The highest BCUT2D eigenvalue weighted by atomic mass is 35.5. The van der Waals surface area contributed by atoms with Crippen molar-refractivity contribution in [3.05, 3.63) is 42.4 Å². The predicted octanol–water partition coefficient (Wildman–Crippen LogP) is 2.55. The van der Waals surface area contributed by atoms with Gasteiger partial charge in [-0.05, 0) is 38.1 Å². The third kappa shape index (κ3) is 3.59. The molecule has 4 atom stereocenters. The number of hydrogen-bond acceptors (Lipinski definition) is 9. The van der Waals surface area contributed by atoms with Crippen LogP contribution in [-0.2, 0) is 9.59 Å². The molecule has 4 heterocycles. The Bertz CT molecular complexity index is 1160. The number of likely N-dealkylation sites (tertiary alicyclic amines) is 1. The molecule has 9 nitrogen and oxygen atoms in total. The zero-order chi connectivity index (χ0) is 24.0. The summed E-state index contributed by atoms with van der Waals surface area (Å²) in [7, 11) is 1.99. The summed E-state index contributed by atoms with van der Waals surface area (Å²) in [5.74, 6) is -0.0407. The fraction of sp³-hybridized carbons (Fsp3) is 0.435. The van der Waals surface area contributed by atoms with Gasteiger partial charge in [0.1, 0.15) is 17.9 Å². The molecule has 2 saturated heterocycles. The van der Waals surface area contributed by atoms with Crippen molar-refractivity contribution in [2.24, 2.45) is 0 Å². The van der Waals surface area contributed by atoms with Gasteiger partial charge in [-0.3, -0.25) is 19.4 Å². The van der Waals surface area contributed by atoms with Gasteiger partial charge in [-0.15, -0.1) is 24.2 Å². The lowest BCUT2D eigenvalue weighted by Gasteiger charge is -2.42. The number of alkyl halides is 1. The van der Waals surface area contributed by atoms with Crippen molar-refractivity contribution in [3.8, 4) is 11.9 Å². The minimum atomic E-state index is -1.32. The first kappa shape index (κ1) is 22.9. The lowest BCUT2D eigenvalue weighted by Crippen LogP contribution is -2.63. The smallest absolute Gasteiger partial charge is 0.263 e. The number of carbonyl (C=O) groups is 2. The Balaban J connectivity index is 1.41. The van der Waals surface area contributed by atoms with Gasteiger partial charge in [-0.1, -0.05) is 0 Å². The molecule has 0 bridgehead atoms. The number of ether oxygens (including phenoxy) is 1. The van der Waals surface area contributed by atoms with E-state index in [1.165, 1.54) is 17.2 Å². The number of rotatable bonds is 4. The monoisotopic (exact) mass is 498 g/mol. The molecule has 0 aromatic carbocycles. The number of nitriles is 1. The molecule has 2 aromatic rings. The van der Waals surface area contributed by atoms with E-state index in [0.29, 0.717) is 36.5 Å². The van der Waals surface area contributed by atoms with Crippen LogP contribution >= 0.6 is 24.2 Å². The maximum atomic E-state index is 13.5. The van der Waals surface area contributed by atoms with E-state index < -0.39 is 11.0 Å². The molecular formula is C23H23ClN6O3S. The quantitative estimate of drug-likeness (QED) is 0.297. The predicted molar refractivity (Wildman–Crippen MR) is 129 cm³/mol. The van der Waals surface area contributed by atoms with Crippen molar-refractivity contribution in [2.75, 3.05) is 23.4 Å². The van der Waals surface area contributed by atoms with Crippen LogP contribution in [0.5, 0.6) is 5.88 Å². The van der Waals surface area contributed by atoms with Crippen molar-refractivity contribution in [2.45, 2.75) is 48.3 Å². The number of halogens is 1. The molecule has 1 aliphatic carbocycles. The zero-order valence-electron chi connectivity index (χ0n) is 18.5. The molecule has 0 N–H and O–H groups in total. The summed E-state index contributed by atoms with van der Waals surface area (Å²) in [6, 6.07) is 8.65. The second kappa shape index (κ2) is 8.73. The van der Waals surface area contributed by atoms with E-state index >= 15 is 0 Å². The molecule has 34 heavy (non-hydrogen) atoms. The van der Waals surface area contributed by atoms with Gasteiger partial charge in [0, 0.05) is 25.5 Å². The third-order valence-corrected chi connectivity index (χ3v) is 7.76. The largest absolute Gasteiger partial charge is 0.474 e. The SMILES string of the molecule is CN1CCC(Oc2ccc(N3C(S)N(c4ccc(C#N)nc4)C(=O)C34CCC4=O)cn2)CC1Cl. The lowest BCUT2D eigenvalue weighted by molar-refractivity contribution is -0.138. The molecule has 1 spiro atoms. The maximum absolute atomic E-state index is 13.5. The number of hydrogen-bond donors (Lipinski definition) is 1. The van der Waals surface area contributed by atoms with E-state index in [1.807, 2.05) is 13.1 Å². The van der Waals surface area contributed by atoms with E-state index in [4.69, 9.17) is 34.2 Å². The van der Waals surface area contributed by atoms with Crippen LogP contribution < -0.4 is 14.5 Å². The third-order valence-electron chi connectivity index (χ3n) is 6.79. The topological polar surface area (TPSA) is 103 Å². The number of amides is 1. The first-order valence-electron chi connectivity index (χ1n) is 11.0. The summed E-state index contributed by atoms with van der Waals surface area (Å²) >= 11 is 11.1. The van der Waals surface area contributed by atoms with Gasteiger partial charge in [0.05, 0.1) is 29.3 Å². The van der Waals surface area contributed by atoms with Crippen LogP contribution in [0.1, 0.15) is 31.4 Å². The molecule has 11 heteroatoms. The van der Waals surface area contributed by atoms with E-state index in [0.717, 1.165) is 13.0 Å². The molecule has 0 radical (unpaired) electrons. The van der Waals surface area contributed by atoms with E-state index in [-0.39, 0.29) is 29.0 Å². The highest BCUT2D eigenvalue weighted by Gasteiger charge is 2.65. The number of Topliss-reactive ketones (excluding diaryl/α,β-unsaturated/α-hetero) is 1. The standard InChI is InChI=1S/C23H23ClN6O3S/c1-28-9-7-17(10-19(28)24)33-20-5-4-16(13-27-20)30-22(34)29(15-3-2-14(11-25)26-12-15)21(32)23(30)8-6-18(23)31/h2-5,12-13,17,19,22,34H,6-10H2,1H3. The van der Waals surface area contributed by atoms with Gasteiger partial charge in [0.2, 0.25) is 5.88 Å². The lowest BCUT2D eigenvalue weighted by atomic mass is 9.74. The molecule has 3 fully saturated rings.